The van der Waals surface area contributed by atoms with Crippen LogP contribution >= 0.6 is 23.2 Å². The maximum absolute atomic E-state index is 16.1. The van der Waals surface area contributed by atoms with Crippen molar-refractivity contribution in [2.75, 3.05) is 11.9 Å². The van der Waals surface area contributed by atoms with Crippen molar-refractivity contribution >= 4 is 51.7 Å². The maximum atomic E-state index is 16.1. The molecule has 1 spiro atoms. The number of benzene rings is 3. The third-order valence-electron chi connectivity index (χ3n) is 9.02. The summed E-state index contributed by atoms with van der Waals surface area (Å²) in [6.07, 6.45) is 1.40. The zero-order valence-electron chi connectivity index (χ0n) is 22.4. The minimum Gasteiger partial charge on any atom is -0.478 e. The number of rotatable bonds is 5. The second-order valence-electron chi connectivity index (χ2n) is 11.6. The van der Waals surface area contributed by atoms with E-state index in [0.29, 0.717) is 40.7 Å². The SMILES string of the molecule is CC(C)CCN1[C@H]2Cc3c4ccc(C(=O)O)cc4nn3C2[C@H](c2cccc(Cl)c2F)[C@]12C(=O)Nc1cc(Cl)ccc12. The zero-order valence-corrected chi connectivity index (χ0v) is 23.9. The van der Waals surface area contributed by atoms with Crippen LogP contribution in [0.3, 0.4) is 0 Å². The molecule has 0 saturated carbocycles. The van der Waals surface area contributed by atoms with Crippen LogP contribution in [0.1, 0.15) is 59.4 Å². The van der Waals surface area contributed by atoms with Gasteiger partial charge in [0.2, 0.25) is 5.91 Å². The Labute approximate surface area is 245 Å². The Bertz CT molecular complexity index is 1770. The van der Waals surface area contributed by atoms with Crippen LogP contribution in [0.2, 0.25) is 10.0 Å². The lowest BCUT2D eigenvalue weighted by atomic mass is 9.73. The van der Waals surface area contributed by atoms with Crippen molar-refractivity contribution in [3.8, 4) is 0 Å². The molecule has 4 atom stereocenters. The van der Waals surface area contributed by atoms with Crippen LogP contribution in [0.4, 0.5) is 10.1 Å². The number of carbonyl (C=O) groups excluding carboxylic acids is 1. The fourth-order valence-corrected chi connectivity index (χ4v) is 7.72. The topological polar surface area (TPSA) is 87.5 Å². The average Bonchev–Trinajstić information content (AvgIpc) is 3.61. The fraction of sp³-hybridized carbons (Fsp3) is 0.323. The summed E-state index contributed by atoms with van der Waals surface area (Å²) in [6.45, 7) is 4.90. The van der Waals surface area contributed by atoms with Gasteiger partial charge in [0.05, 0.1) is 22.1 Å². The Morgan fingerprint density at radius 3 is 2.76 bits per heavy atom. The van der Waals surface area contributed by atoms with Gasteiger partial charge in [-0.15, -0.1) is 0 Å². The van der Waals surface area contributed by atoms with Crippen LogP contribution in [-0.4, -0.2) is 44.3 Å². The van der Waals surface area contributed by atoms with Crippen LogP contribution in [0.15, 0.2) is 54.6 Å². The number of aromatic nitrogens is 2. The molecule has 1 amide bonds. The minimum absolute atomic E-state index is 0.0143. The summed E-state index contributed by atoms with van der Waals surface area (Å²) in [6, 6.07) is 14.7. The first-order chi connectivity index (χ1) is 19.6. The van der Waals surface area contributed by atoms with E-state index in [2.05, 4.69) is 24.1 Å². The summed E-state index contributed by atoms with van der Waals surface area (Å²) < 4.78 is 18.0. The maximum Gasteiger partial charge on any atom is 0.335 e. The highest BCUT2D eigenvalue weighted by molar-refractivity contribution is 6.31. The van der Waals surface area contributed by atoms with Crippen molar-refractivity contribution in [3.05, 3.63) is 92.8 Å². The zero-order chi connectivity index (χ0) is 28.8. The van der Waals surface area contributed by atoms with Gasteiger partial charge >= 0.3 is 5.97 Å². The number of carbonyl (C=O) groups is 2. The Hall–Kier alpha value is -3.46. The number of fused-ring (bicyclic) bond motifs is 7. The molecule has 1 fully saturated rings. The lowest BCUT2D eigenvalue weighted by molar-refractivity contribution is -0.128. The molecule has 7 nitrogen and oxygen atoms in total. The molecule has 3 aliphatic rings. The number of aromatic carboxylic acids is 1. The van der Waals surface area contributed by atoms with Crippen molar-refractivity contribution in [2.24, 2.45) is 5.92 Å². The largest absolute Gasteiger partial charge is 0.478 e. The Morgan fingerprint density at radius 1 is 1.20 bits per heavy atom. The molecule has 0 radical (unpaired) electrons. The van der Waals surface area contributed by atoms with Gasteiger partial charge in [0.25, 0.3) is 0 Å². The van der Waals surface area contributed by atoms with Crippen LogP contribution in [0, 0.1) is 11.7 Å². The fourth-order valence-electron chi connectivity index (χ4n) is 7.36. The molecule has 4 heterocycles. The molecule has 7 rings (SSSR count). The smallest absolute Gasteiger partial charge is 0.335 e. The Morgan fingerprint density at radius 2 is 2.00 bits per heavy atom. The van der Waals surface area contributed by atoms with Crippen LogP contribution in [0.25, 0.3) is 10.9 Å². The highest BCUT2D eigenvalue weighted by Crippen LogP contribution is 2.63. The van der Waals surface area contributed by atoms with E-state index in [-0.39, 0.29) is 22.5 Å². The Kier molecular flexibility index (Phi) is 5.98. The number of halogens is 3. The van der Waals surface area contributed by atoms with Crippen molar-refractivity contribution in [3.63, 3.8) is 0 Å². The first kappa shape index (κ1) is 26.4. The van der Waals surface area contributed by atoms with E-state index < -0.39 is 29.3 Å². The predicted molar refractivity (Wildman–Crippen MR) is 155 cm³/mol. The highest BCUT2D eigenvalue weighted by Gasteiger charge is 2.69. The summed E-state index contributed by atoms with van der Waals surface area (Å²) in [5, 5.41) is 18.9. The molecular formula is C31H27Cl2FN4O3. The quantitative estimate of drug-likeness (QED) is 0.271. The van der Waals surface area contributed by atoms with Crippen LogP contribution in [0.5, 0.6) is 0 Å². The second kappa shape index (κ2) is 9.28. The molecule has 1 saturated heterocycles. The van der Waals surface area contributed by atoms with Gasteiger partial charge in [0, 0.05) is 52.3 Å². The molecule has 1 aromatic heterocycles. The summed E-state index contributed by atoms with van der Waals surface area (Å²) in [5.41, 5.74) is 2.11. The van der Waals surface area contributed by atoms with Crippen molar-refractivity contribution in [1.29, 1.82) is 0 Å². The molecule has 3 aromatic carbocycles. The summed E-state index contributed by atoms with van der Waals surface area (Å²) in [7, 11) is 0. The van der Waals surface area contributed by atoms with Gasteiger partial charge in [-0.3, -0.25) is 14.4 Å². The first-order valence-corrected chi connectivity index (χ1v) is 14.4. The number of hydrogen-bond donors (Lipinski definition) is 2. The summed E-state index contributed by atoms with van der Waals surface area (Å²) in [4.78, 5) is 28.3. The highest BCUT2D eigenvalue weighted by atomic mass is 35.5. The number of hydrogen-bond acceptors (Lipinski definition) is 4. The molecule has 0 bridgehead atoms. The van der Waals surface area contributed by atoms with Crippen LogP contribution in [-0.2, 0) is 16.8 Å². The van der Waals surface area contributed by atoms with Crippen molar-refractivity contribution in [1.82, 2.24) is 14.7 Å². The third-order valence-corrected chi connectivity index (χ3v) is 9.55. The number of amides is 1. The Balaban J connectivity index is 1.52. The van der Waals surface area contributed by atoms with Gasteiger partial charge in [-0.05, 0) is 48.2 Å². The number of likely N-dealkylation sites (tertiary alicyclic amines) is 1. The van der Waals surface area contributed by atoms with Gasteiger partial charge < -0.3 is 10.4 Å². The van der Waals surface area contributed by atoms with Crippen LogP contribution < -0.4 is 5.32 Å². The molecule has 2 N–H and O–H groups in total. The van der Waals surface area contributed by atoms with E-state index in [0.717, 1.165) is 23.1 Å². The number of nitrogens with one attached hydrogen (secondary N) is 1. The van der Waals surface area contributed by atoms with E-state index in [4.69, 9.17) is 28.3 Å². The van der Waals surface area contributed by atoms with E-state index in [1.165, 1.54) is 6.07 Å². The van der Waals surface area contributed by atoms with E-state index in [1.807, 2.05) is 10.7 Å². The van der Waals surface area contributed by atoms with Crippen molar-refractivity contribution in [2.45, 2.75) is 50.2 Å². The lowest BCUT2D eigenvalue weighted by Crippen LogP contribution is -2.53. The van der Waals surface area contributed by atoms with E-state index >= 15 is 4.39 Å². The monoisotopic (exact) mass is 592 g/mol. The molecule has 0 aliphatic carbocycles. The average molecular weight is 593 g/mol. The van der Waals surface area contributed by atoms with E-state index in [9.17, 15) is 14.7 Å². The standard InChI is InChI=1S/C31H27Cl2FN4O3/c1-15(2)10-11-37-25-14-24-18-8-6-16(29(39)40)12-22(18)36-38(24)28(25)26(19-4-3-5-21(33)27(19)34)31(37)20-9-7-17(32)13-23(20)35-30(31)41/h3-9,12-13,15,25-26,28H,10-11,14H2,1-2H3,(H,35,41)(H,39,40)/t25-,26-,28?,31+/m0/s1. The van der Waals surface area contributed by atoms with Gasteiger partial charge in [-0.2, -0.15) is 5.10 Å². The van der Waals surface area contributed by atoms with Gasteiger partial charge in [0.1, 0.15) is 11.4 Å². The summed E-state index contributed by atoms with van der Waals surface area (Å²) in [5.74, 6) is -2.14. The molecule has 4 aromatic rings. The molecule has 10 heteroatoms. The number of anilines is 1. The number of carboxylic acids is 1. The van der Waals surface area contributed by atoms with Gasteiger partial charge in [-0.1, -0.05) is 61.3 Å². The first-order valence-electron chi connectivity index (χ1n) is 13.7. The molecule has 210 valence electrons. The third kappa shape index (κ3) is 3.63. The molecule has 41 heavy (non-hydrogen) atoms. The normalized spacial score (nSPS) is 24.7. The number of carboxylic acid groups (broad SMARTS) is 1. The lowest BCUT2D eigenvalue weighted by Gasteiger charge is -2.40. The molecular weight excluding hydrogens is 566 g/mol. The molecule has 1 unspecified atom stereocenters. The minimum atomic E-state index is -1.24. The number of nitrogens with zero attached hydrogens (tertiary/aromatic N) is 3. The summed E-state index contributed by atoms with van der Waals surface area (Å²) >= 11 is 12.7. The van der Waals surface area contributed by atoms with E-state index in [1.54, 1.807) is 42.5 Å². The predicted octanol–water partition coefficient (Wildman–Crippen LogP) is 6.64. The van der Waals surface area contributed by atoms with Gasteiger partial charge in [0.15, 0.2) is 0 Å². The second-order valence-corrected chi connectivity index (χ2v) is 12.4. The van der Waals surface area contributed by atoms with Crippen molar-refractivity contribution < 1.29 is 19.1 Å². The molecule has 3 aliphatic heterocycles. The van der Waals surface area contributed by atoms with Gasteiger partial charge in [-0.25, -0.2) is 9.18 Å².